The Labute approximate surface area is 113 Å². The molecule has 0 radical (unpaired) electrons. The molecule has 0 atom stereocenters. The molecule has 16 heavy (non-hydrogen) atoms. The topological polar surface area (TPSA) is 12.5 Å². The highest BCUT2D eigenvalue weighted by atomic mass is 127. The first-order valence-electron chi connectivity index (χ1n) is 5.98. The fourth-order valence-corrected chi connectivity index (χ4v) is 2.58. The lowest BCUT2D eigenvalue weighted by Gasteiger charge is -2.39. The van der Waals surface area contributed by atoms with Crippen LogP contribution in [0.2, 0.25) is 0 Å². The molecule has 0 aromatic heterocycles. The fourth-order valence-electron chi connectivity index (χ4n) is 2.09. The third kappa shape index (κ3) is 4.55. The van der Waals surface area contributed by atoms with Crippen LogP contribution in [0.5, 0.6) is 0 Å². The number of halogens is 1. The smallest absolute Gasteiger partial charge is 0.0526 e. The van der Waals surface area contributed by atoms with E-state index in [1.165, 1.54) is 25.9 Å². The summed E-state index contributed by atoms with van der Waals surface area (Å²) in [6, 6.07) is 0. The van der Waals surface area contributed by atoms with E-state index in [-0.39, 0.29) is 0 Å². The molecule has 0 N–H and O–H groups in total. The largest absolute Gasteiger partial charge is 0.381 e. The predicted molar refractivity (Wildman–Crippen MR) is 77.7 cm³/mol. The quantitative estimate of drug-likeness (QED) is 0.418. The third-order valence-electron chi connectivity index (χ3n) is 3.20. The molecule has 0 saturated carbocycles. The van der Waals surface area contributed by atoms with Gasteiger partial charge in [0.25, 0.3) is 0 Å². The third-order valence-corrected chi connectivity index (χ3v) is 4.17. The van der Waals surface area contributed by atoms with Crippen molar-refractivity contribution in [1.29, 1.82) is 0 Å². The molecule has 92 valence electrons. The molecule has 0 aromatic carbocycles. The van der Waals surface area contributed by atoms with Gasteiger partial charge >= 0.3 is 0 Å². The van der Waals surface area contributed by atoms with Crippen LogP contribution in [-0.2, 0) is 4.74 Å². The van der Waals surface area contributed by atoms with Gasteiger partial charge in [0.05, 0.1) is 6.61 Å². The summed E-state index contributed by atoms with van der Waals surface area (Å²) in [5, 5.41) is 0. The Morgan fingerprint density at radius 1 is 1.44 bits per heavy atom. The molecule has 0 aliphatic carbocycles. The Morgan fingerprint density at radius 2 is 2.12 bits per heavy atom. The number of allylic oxidation sites excluding steroid dienone is 3. The van der Waals surface area contributed by atoms with E-state index in [1.807, 2.05) is 12.2 Å². The maximum Gasteiger partial charge on any atom is 0.0526 e. The van der Waals surface area contributed by atoms with Crippen LogP contribution in [0.1, 0.15) is 26.2 Å². The van der Waals surface area contributed by atoms with Crippen molar-refractivity contribution in [2.24, 2.45) is 5.41 Å². The lowest BCUT2D eigenvalue weighted by molar-refractivity contribution is 0.0237. The summed E-state index contributed by atoms with van der Waals surface area (Å²) in [6.07, 6.45) is 9.71. The average molecular weight is 335 g/mol. The summed E-state index contributed by atoms with van der Waals surface area (Å²) in [7, 11) is 0. The minimum Gasteiger partial charge on any atom is -0.381 e. The first-order chi connectivity index (χ1) is 7.72. The minimum absolute atomic E-state index is 0.358. The van der Waals surface area contributed by atoms with Crippen molar-refractivity contribution in [3.05, 3.63) is 24.8 Å². The Balaban J connectivity index is 2.53. The SMILES string of the molecule is C=C/C=C\CC1(COCC)CCN(I)CC1. The van der Waals surface area contributed by atoms with Gasteiger partial charge in [0, 0.05) is 42.6 Å². The molecule has 3 heteroatoms. The van der Waals surface area contributed by atoms with Gasteiger partial charge in [-0.05, 0) is 31.6 Å². The maximum atomic E-state index is 5.66. The van der Waals surface area contributed by atoms with Crippen LogP contribution in [0.15, 0.2) is 24.8 Å². The summed E-state index contributed by atoms with van der Waals surface area (Å²) in [4.78, 5) is 0. The van der Waals surface area contributed by atoms with Crippen LogP contribution in [0.3, 0.4) is 0 Å². The lowest BCUT2D eigenvalue weighted by atomic mass is 9.77. The summed E-state index contributed by atoms with van der Waals surface area (Å²) in [5.41, 5.74) is 0.358. The van der Waals surface area contributed by atoms with E-state index in [1.54, 1.807) is 0 Å². The molecule has 1 aliphatic heterocycles. The van der Waals surface area contributed by atoms with Gasteiger partial charge in [0.2, 0.25) is 0 Å². The standard InChI is InChI=1S/C13H22INO/c1-3-5-6-7-13(12-16-4-2)8-10-15(14)11-9-13/h3,5-6H,1,4,7-12H2,2H3/b6-5-. The molecule has 0 amide bonds. The van der Waals surface area contributed by atoms with Crippen molar-refractivity contribution >= 4 is 22.9 Å². The zero-order valence-corrected chi connectivity index (χ0v) is 12.3. The number of piperidine rings is 1. The van der Waals surface area contributed by atoms with E-state index in [9.17, 15) is 0 Å². The molecule has 2 nitrogen and oxygen atoms in total. The van der Waals surface area contributed by atoms with E-state index in [2.05, 4.69) is 45.6 Å². The van der Waals surface area contributed by atoms with E-state index >= 15 is 0 Å². The molecule has 0 spiro atoms. The Kier molecular flexibility index (Phi) is 6.61. The number of rotatable bonds is 6. The fraction of sp³-hybridized carbons (Fsp3) is 0.692. The molecular formula is C13H22INO. The van der Waals surface area contributed by atoms with Crippen LogP contribution in [0.25, 0.3) is 0 Å². The molecule has 0 aromatic rings. The van der Waals surface area contributed by atoms with Crippen LogP contribution in [-0.4, -0.2) is 29.4 Å². The summed E-state index contributed by atoms with van der Waals surface area (Å²) in [6.45, 7) is 9.85. The van der Waals surface area contributed by atoms with Crippen LogP contribution < -0.4 is 0 Å². The van der Waals surface area contributed by atoms with Gasteiger partial charge in [0.1, 0.15) is 0 Å². The average Bonchev–Trinajstić information content (AvgIpc) is 2.31. The second-order valence-electron chi connectivity index (χ2n) is 4.41. The zero-order chi connectivity index (χ0) is 11.9. The minimum atomic E-state index is 0.358. The predicted octanol–water partition coefficient (Wildman–Crippen LogP) is 3.59. The molecule has 1 saturated heterocycles. The highest BCUT2D eigenvalue weighted by Gasteiger charge is 2.33. The van der Waals surface area contributed by atoms with Crippen molar-refractivity contribution in [3.8, 4) is 0 Å². The second kappa shape index (κ2) is 7.45. The summed E-state index contributed by atoms with van der Waals surface area (Å²) < 4.78 is 8.04. The van der Waals surface area contributed by atoms with E-state index < -0.39 is 0 Å². The maximum absolute atomic E-state index is 5.66. The second-order valence-corrected chi connectivity index (χ2v) is 5.78. The molecule has 1 rings (SSSR count). The molecule has 1 aliphatic rings. The Bertz CT molecular complexity index is 227. The van der Waals surface area contributed by atoms with Gasteiger partial charge in [-0.3, -0.25) is 0 Å². The van der Waals surface area contributed by atoms with E-state index in [0.29, 0.717) is 5.41 Å². The zero-order valence-electron chi connectivity index (χ0n) is 10.1. The summed E-state index contributed by atoms with van der Waals surface area (Å²) >= 11 is 2.41. The van der Waals surface area contributed by atoms with Crippen molar-refractivity contribution in [2.75, 3.05) is 26.3 Å². The highest BCUT2D eigenvalue weighted by molar-refractivity contribution is 14.1. The van der Waals surface area contributed by atoms with E-state index in [0.717, 1.165) is 19.6 Å². The number of ether oxygens (including phenoxy) is 1. The van der Waals surface area contributed by atoms with Gasteiger partial charge in [-0.15, -0.1) is 0 Å². The Morgan fingerprint density at radius 3 is 2.69 bits per heavy atom. The van der Waals surface area contributed by atoms with E-state index in [4.69, 9.17) is 4.74 Å². The molecule has 0 unspecified atom stereocenters. The van der Waals surface area contributed by atoms with Crippen molar-refractivity contribution in [2.45, 2.75) is 26.2 Å². The highest BCUT2D eigenvalue weighted by Crippen LogP contribution is 2.36. The Hall–Kier alpha value is 0.130. The van der Waals surface area contributed by atoms with Gasteiger partial charge in [-0.1, -0.05) is 24.8 Å². The number of hydrogen-bond acceptors (Lipinski definition) is 2. The van der Waals surface area contributed by atoms with Crippen LogP contribution >= 0.6 is 22.9 Å². The molecule has 1 fully saturated rings. The molecule has 0 bridgehead atoms. The first-order valence-corrected chi connectivity index (χ1v) is 6.95. The molecular weight excluding hydrogens is 313 g/mol. The number of hydrogen-bond donors (Lipinski definition) is 0. The van der Waals surface area contributed by atoms with Crippen molar-refractivity contribution in [1.82, 2.24) is 3.11 Å². The first kappa shape index (κ1) is 14.2. The summed E-state index contributed by atoms with van der Waals surface area (Å²) in [5.74, 6) is 0. The lowest BCUT2D eigenvalue weighted by Crippen LogP contribution is -2.38. The van der Waals surface area contributed by atoms with Crippen LogP contribution in [0.4, 0.5) is 0 Å². The van der Waals surface area contributed by atoms with Gasteiger partial charge in [-0.25, -0.2) is 3.11 Å². The molecule has 1 heterocycles. The number of nitrogens with zero attached hydrogens (tertiary/aromatic N) is 1. The van der Waals surface area contributed by atoms with Crippen molar-refractivity contribution < 1.29 is 4.74 Å². The van der Waals surface area contributed by atoms with Gasteiger partial charge in [0.15, 0.2) is 0 Å². The normalized spacial score (nSPS) is 21.4. The van der Waals surface area contributed by atoms with Crippen molar-refractivity contribution in [3.63, 3.8) is 0 Å². The van der Waals surface area contributed by atoms with Gasteiger partial charge in [-0.2, -0.15) is 0 Å². The monoisotopic (exact) mass is 335 g/mol. The van der Waals surface area contributed by atoms with Crippen LogP contribution in [0, 0.1) is 5.41 Å². The van der Waals surface area contributed by atoms with Gasteiger partial charge < -0.3 is 4.74 Å².